The number of ether oxygens (including phenoxy) is 2. The molecule has 40 heavy (non-hydrogen) atoms. The Labute approximate surface area is 235 Å². The summed E-state index contributed by atoms with van der Waals surface area (Å²) in [6, 6.07) is 19.4. The van der Waals surface area contributed by atoms with Crippen LogP contribution in [0, 0.1) is 12.3 Å². The van der Waals surface area contributed by atoms with Crippen LogP contribution in [0.4, 0.5) is 0 Å². The molecular weight excluding hydrogens is 500 g/mol. The molecule has 0 aliphatic rings. The van der Waals surface area contributed by atoms with E-state index in [9.17, 15) is 4.79 Å². The van der Waals surface area contributed by atoms with Crippen LogP contribution in [-0.2, 0) is 11.8 Å². The minimum Gasteiger partial charge on any atom is -0.481 e. The molecule has 0 N–H and O–H groups in total. The van der Waals surface area contributed by atoms with Gasteiger partial charge in [-0.2, -0.15) is 0 Å². The van der Waals surface area contributed by atoms with Gasteiger partial charge in [-0.3, -0.25) is 0 Å². The average molecular weight is 535 g/mol. The van der Waals surface area contributed by atoms with Gasteiger partial charge in [0.2, 0.25) is 0 Å². The van der Waals surface area contributed by atoms with Gasteiger partial charge in [-0.1, -0.05) is 57.9 Å². The summed E-state index contributed by atoms with van der Waals surface area (Å²) in [6.45, 7) is 10.6. The number of carbonyl (C=O) groups excluding carboxylic acids is 1. The first-order chi connectivity index (χ1) is 19.4. The summed E-state index contributed by atoms with van der Waals surface area (Å²) in [5.74, 6) is 4.28. The lowest BCUT2D eigenvalue weighted by molar-refractivity contribution is 0.0526. The van der Waals surface area contributed by atoms with Crippen LogP contribution >= 0.6 is 0 Å². The van der Waals surface area contributed by atoms with Crippen molar-refractivity contribution in [1.29, 1.82) is 0 Å². The number of rotatable bonds is 7. The molecule has 0 bridgehead atoms. The topological polar surface area (TPSA) is 79.1 Å². The predicted molar refractivity (Wildman–Crippen MR) is 160 cm³/mol. The molecular formula is C33H34N4O3. The number of imidazole rings is 1. The number of aromatic nitrogens is 4. The zero-order valence-electron chi connectivity index (χ0n) is 23.9. The zero-order chi connectivity index (χ0) is 28.8. The molecule has 5 rings (SSSR count). The average Bonchev–Trinajstić information content (AvgIpc) is 3.32. The highest BCUT2D eigenvalue weighted by Gasteiger charge is 2.19. The van der Waals surface area contributed by atoms with Crippen molar-refractivity contribution in [2.75, 3.05) is 13.2 Å². The van der Waals surface area contributed by atoms with E-state index in [1.165, 1.54) is 5.56 Å². The smallest absolute Gasteiger partial charge is 0.338 e. The first-order valence-electron chi connectivity index (χ1n) is 13.5. The Hall–Kier alpha value is -4.70. The molecule has 204 valence electrons. The Kier molecular flexibility index (Phi) is 8.80. The van der Waals surface area contributed by atoms with E-state index in [4.69, 9.17) is 30.8 Å². The number of carbonyl (C=O) groups is 1. The van der Waals surface area contributed by atoms with Crippen LogP contribution in [0.2, 0.25) is 0 Å². The lowest BCUT2D eigenvalue weighted by Crippen LogP contribution is -2.04. The van der Waals surface area contributed by atoms with Gasteiger partial charge in [0.1, 0.15) is 12.4 Å². The molecule has 7 heteroatoms. The molecule has 0 amide bonds. The van der Waals surface area contributed by atoms with E-state index < -0.39 is 0 Å². The number of terminal acetylenes is 1. The standard InChI is InChI=1S/C31H28N4O3.C2H6/c1-6-16-38-23-13-15-25-24(18-23)28(21-10-8-20(9-11-21)19(3)4)34-29(32-25)30-33-26-14-12-22(31(36)37-7-2)17-27(26)35(30)5;1-2/h1,8-15,17-19H,7,16H2,2-5H3;1-2H3. The van der Waals surface area contributed by atoms with Crippen molar-refractivity contribution in [2.24, 2.45) is 7.05 Å². The van der Waals surface area contributed by atoms with E-state index in [-0.39, 0.29) is 12.6 Å². The number of hydrogen-bond donors (Lipinski definition) is 0. The van der Waals surface area contributed by atoms with E-state index in [1.807, 2.05) is 49.7 Å². The molecule has 2 heterocycles. The number of nitrogens with zero attached hydrogens (tertiary/aromatic N) is 4. The van der Waals surface area contributed by atoms with Gasteiger partial charge in [0.15, 0.2) is 11.6 Å². The van der Waals surface area contributed by atoms with Crippen molar-refractivity contribution >= 4 is 27.9 Å². The molecule has 0 radical (unpaired) electrons. The predicted octanol–water partition coefficient (Wildman–Crippen LogP) is 7.19. The molecule has 0 aliphatic carbocycles. The largest absolute Gasteiger partial charge is 0.481 e. The van der Waals surface area contributed by atoms with Crippen LogP contribution in [0.25, 0.3) is 44.8 Å². The molecule has 3 aromatic carbocycles. The number of esters is 1. The second-order valence-electron chi connectivity index (χ2n) is 9.26. The van der Waals surface area contributed by atoms with E-state index in [2.05, 4.69) is 44.0 Å². The highest BCUT2D eigenvalue weighted by atomic mass is 16.5. The van der Waals surface area contributed by atoms with Gasteiger partial charge in [0.05, 0.1) is 34.4 Å². The summed E-state index contributed by atoms with van der Waals surface area (Å²) in [5, 5.41) is 0.851. The fourth-order valence-electron chi connectivity index (χ4n) is 4.40. The lowest BCUT2D eigenvalue weighted by Gasteiger charge is -2.12. The first-order valence-corrected chi connectivity index (χ1v) is 13.5. The second kappa shape index (κ2) is 12.4. The number of benzene rings is 3. The zero-order valence-corrected chi connectivity index (χ0v) is 23.9. The van der Waals surface area contributed by atoms with E-state index >= 15 is 0 Å². The van der Waals surface area contributed by atoms with Crippen molar-refractivity contribution in [1.82, 2.24) is 19.5 Å². The van der Waals surface area contributed by atoms with Crippen molar-refractivity contribution in [3.05, 3.63) is 71.8 Å². The molecule has 5 aromatic rings. The monoisotopic (exact) mass is 534 g/mol. The second-order valence-corrected chi connectivity index (χ2v) is 9.26. The van der Waals surface area contributed by atoms with Crippen LogP contribution < -0.4 is 4.74 Å². The molecule has 0 aliphatic heterocycles. The normalized spacial score (nSPS) is 10.8. The Morgan fingerprint density at radius 3 is 2.38 bits per heavy atom. The summed E-state index contributed by atoms with van der Waals surface area (Å²) in [6.07, 6.45) is 5.39. The number of aryl methyl sites for hydroxylation is 1. The number of fused-ring (bicyclic) bond motifs is 2. The van der Waals surface area contributed by atoms with Gasteiger partial charge in [-0.05, 0) is 54.8 Å². The highest BCUT2D eigenvalue weighted by molar-refractivity contribution is 5.96. The summed E-state index contributed by atoms with van der Waals surface area (Å²) < 4.78 is 12.7. The SMILES string of the molecule is C#CCOc1ccc2nc(-c3nc4ccc(C(=O)OCC)cc4n3C)nc(-c3ccc(C(C)C)cc3)c2c1.CC. The molecule has 0 unspecified atom stereocenters. The molecule has 0 spiro atoms. The van der Waals surface area contributed by atoms with Gasteiger partial charge in [-0.15, -0.1) is 6.42 Å². The van der Waals surface area contributed by atoms with E-state index in [1.54, 1.807) is 19.1 Å². The fraction of sp³-hybridized carbons (Fsp3) is 0.273. The molecule has 0 saturated heterocycles. The van der Waals surface area contributed by atoms with Gasteiger partial charge < -0.3 is 14.0 Å². The van der Waals surface area contributed by atoms with Crippen molar-refractivity contribution in [2.45, 2.75) is 40.5 Å². The van der Waals surface area contributed by atoms with E-state index in [0.29, 0.717) is 35.5 Å². The summed E-state index contributed by atoms with van der Waals surface area (Å²) in [4.78, 5) is 26.9. The first kappa shape index (κ1) is 28.3. The summed E-state index contributed by atoms with van der Waals surface area (Å²) in [7, 11) is 1.89. The fourth-order valence-corrected chi connectivity index (χ4v) is 4.40. The lowest BCUT2D eigenvalue weighted by atomic mass is 9.99. The summed E-state index contributed by atoms with van der Waals surface area (Å²) in [5.41, 5.74) is 5.73. The van der Waals surface area contributed by atoms with Crippen molar-refractivity contribution in [3.8, 4) is 41.0 Å². The Morgan fingerprint density at radius 2 is 1.70 bits per heavy atom. The van der Waals surface area contributed by atoms with Crippen LogP contribution in [0.3, 0.4) is 0 Å². The van der Waals surface area contributed by atoms with Gasteiger partial charge in [-0.25, -0.2) is 19.7 Å². The van der Waals surface area contributed by atoms with Gasteiger partial charge in [0, 0.05) is 18.0 Å². The number of hydrogen-bond acceptors (Lipinski definition) is 6. The van der Waals surface area contributed by atoms with Crippen molar-refractivity contribution in [3.63, 3.8) is 0 Å². The summed E-state index contributed by atoms with van der Waals surface area (Å²) >= 11 is 0. The maximum absolute atomic E-state index is 12.3. The third kappa shape index (κ3) is 5.67. The Balaban J connectivity index is 0.00000181. The molecule has 0 atom stereocenters. The quantitative estimate of drug-likeness (QED) is 0.162. The third-order valence-electron chi connectivity index (χ3n) is 6.43. The van der Waals surface area contributed by atoms with Crippen LogP contribution in [0.1, 0.15) is 56.5 Å². The minimum atomic E-state index is -0.367. The van der Waals surface area contributed by atoms with E-state index in [0.717, 1.165) is 33.2 Å². The minimum absolute atomic E-state index is 0.177. The molecule has 0 fully saturated rings. The molecule has 7 nitrogen and oxygen atoms in total. The van der Waals surface area contributed by atoms with Crippen molar-refractivity contribution < 1.29 is 14.3 Å². The third-order valence-corrected chi connectivity index (χ3v) is 6.43. The van der Waals surface area contributed by atoms with Crippen LogP contribution in [-0.4, -0.2) is 38.7 Å². The van der Waals surface area contributed by atoms with Crippen LogP contribution in [0.15, 0.2) is 60.7 Å². The van der Waals surface area contributed by atoms with Crippen LogP contribution in [0.5, 0.6) is 5.75 Å². The van der Waals surface area contributed by atoms with Gasteiger partial charge in [0.25, 0.3) is 0 Å². The maximum atomic E-state index is 12.3. The van der Waals surface area contributed by atoms with Gasteiger partial charge >= 0.3 is 5.97 Å². The highest BCUT2D eigenvalue weighted by Crippen LogP contribution is 2.33. The molecule has 0 saturated carbocycles. The Morgan fingerprint density at radius 1 is 0.975 bits per heavy atom. The molecule has 2 aromatic heterocycles. The Bertz CT molecular complexity index is 1700. The maximum Gasteiger partial charge on any atom is 0.338 e.